The second-order valence-electron chi connectivity index (χ2n) is 6.41. The van der Waals surface area contributed by atoms with Crippen molar-refractivity contribution in [3.63, 3.8) is 0 Å². The van der Waals surface area contributed by atoms with E-state index in [1.807, 2.05) is 42.5 Å². The Morgan fingerprint density at radius 1 is 0.962 bits per heavy atom. The Bertz CT molecular complexity index is 938. The zero-order valence-electron chi connectivity index (χ0n) is 14.1. The van der Waals surface area contributed by atoms with Gasteiger partial charge in [0.1, 0.15) is 5.82 Å². The number of benzene rings is 3. The zero-order valence-corrected chi connectivity index (χ0v) is 14.1. The van der Waals surface area contributed by atoms with Crippen LogP contribution in [0.1, 0.15) is 28.4 Å². The monoisotopic (exact) mass is 347 g/mol. The van der Waals surface area contributed by atoms with Crippen LogP contribution in [0.3, 0.4) is 0 Å². The van der Waals surface area contributed by atoms with Crippen molar-refractivity contribution in [2.75, 3.05) is 11.4 Å². The highest BCUT2D eigenvalue weighted by atomic mass is 19.1. The summed E-state index contributed by atoms with van der Waals surface area (Å²) in [7, 11) is 0. The van der Waals surface area contributed by atoms with Gasteiger partial charge in [-0.05, 0) is 47.9 Å². The minimum absolute atomic E-state index is 0.149. The van der Waals surface area contributed by atoms with Crippen LogP contribution in [0.2, 0.25) is 0 Å². The summed E-state index contributed by atoms with van der Waals surface area (Å²) in [5.74, 6) is -0.561. The number of rotatable bonds is 2. The van der Waals surface area contributed by atoms with Crippen LogP contribution in [0, 0.1) is 5.82 Å². The lowest BCUT2D eigenvalue weighted by Crippen LogP contribution is -2.36. The summed E-state index contributed by atoms with van der Waals surface area (Å²) < 4.78 is 13.5. The maximum atomic E-state index is 13.5. The number of aliphatic hydroxyl groups is 1. The van der Waals surface area contributed by atoms with Gasteiger partial charge < -0.3 is 10.0 Å². The van der Waals surface area contributed by atoms with Gasteiger partial charge in [0.15, 0.2) is 0 Å². The number of halogens is 1. The first-order chi connectivity index (χ1) is 12.6. The van der Waals surface area contributed by atoms with Crippen LogP contribution in [0.15, 0.2) is 72.8 Å². The number of fused-ring (bicyclic) bond motifs is 1. The predicted molar refractivity (Wildman–Crippen MR) is 99.5 cm³/mol. The van der Waals surface area contributed by atoms with Crippen molar-refractivity contribution in [3.8, 4) is 11.1 Å². The minimum Gasteiger partial charge on any atom is -0.388 e. The average molecular weight is 347 g/mol. The number of anilines is 1. The molecule has 4 heteroatoms. The van der Waals surface area contributed by atoms with Gasteiger partial charge in [0.25, 0.3) is 5.91 Å². The van der Waals surface area contributed by atoms with Crippen molar-refractivity contribution in [2.45, 2.75) is 12.5 Å². The fraction of sp³-hybridized carbons (Fsp3) is 0.136. The molecule has 0 aliphatic carbocycles. The smallest absolute Gasteiger partial charge is 0.258 e. The van der Waals surface area contributed by atoms with Crippen molar-refractivity contribution in [3.05, 3.63) is 89.7 Å². The molecule has 1 atom stereocenters. The Morgan fingerprint density at radius 2 is 1.65 bits per heavy atom. The van der Waals surface area contributed by atoms with Crippen molar-refractivity contribution >= 4 is 11.6 Å². The van der Waals surface area contributed by atoms with Gasteiger partial charge in [-0.3, -0.25) is 4.79 Å². The first-order valence-corrected chi connectivity index (χ1v) is 8.58. The maximum Gasteiger partial charge on any atom is 0.258 e. The molecule has 0 spiro atoms. The molecule has 4 rings (SSSR count). The van der Waals surface area contributed by atoms with Crippen molar-refractivity contribution in [1.82, 2.24) is 0 Å². The molecule has 0 radical (unpaired) electrons. The Kier molecular flexibility index (Phi) is 4.27. The van der Waals surface area contributed by atoms with E-state index in [2.05, 4.69) is 0 Å². The zero-order chi connectivity index (χ0) is 18.1. The van der Waals surface area contributed by atoms with Crippen LogP contribution in [0.5, 0.6) is 0 Å². The van der Waals surface area contributed by atoms with Crippen molar-refractivity contribution in [2.24, 2.45) is 0 Å². The SMILES string of the molecule is O=C(c1ccc(-c2ccccc2)cc1)N1CCC(O)c2cc(F)ccc21. The van der Waals surface area contributed by atoms with Crippen LogP contribution in [0.25, 0.3) is 11.1 Å². The molecule has 130 valence electrons. The van der Waals surface area contributed by atoms with Crippen LogP contribution >= 0.6 is 0 Å². The Hall–Kier alpha value is -2.98. The molecule has 0 bridgehead atoms. The van der Waals surface area contributed by atoms with E-state index >= 15 is 0 Å². The van der Waals surface area contributed by atoms with Crippen molar-refractivity contribution in [1.29, 1.82) is 0 Å². The van der Waals surface area contributed by atoms with Crippen LogP contribution < -0.4 is 4.90 Å². The summed E-state index contributed by atoms with van der Waals surface area (Å²) in [5, 5.41) is 10.1. The van der Waals surface area contributed by atoms with Gasteiger partial charge in [0.2, 0.25) is 0 Å². The van der Waals surface area contributed by atoms with E-state index in [-0.39, 0.29) is 5.91 Å². The molecular weight excluding hydrogens is 329 g/mol. The normalized spacial score (nSPS) is 16.2. The number of amides is 1. The van der Waals surface area contributed by atoms with E-state index < -0.39 is 11.9 Å². The maximum absolute atomic E-state index is 13.5. The molecule has 26 heavy (non-hydrogen) atoms. The number of carbonyl (C=O) groups excluding carboxylic acids is 1. The molecule has 3 nitrogen and oxygen atoms in total. The van der Waals surface area contributed by atoms with Gasteiger partial charge in [-0.1, -0.05) is 42.5 Å². The molecule has 0 saturated carbocycles. The molecule has 1 unspecified atom stereocenters. The molecule has 0 saturated heterocycles. The lowest BCUT2D eigenvalue weighted by Gasteiger charge is -2.32. The highest BCUT2D eigenvalue weighted by molar-refractivity contribution is 6.07. The predicted octanol–water partition coefficient (Wildman–Crippen LogP) is 4.58. The number of aliphatic hydroxyl groups excluding tert-OH is 1. The second-order valence-corrected chi connectivity index (χ2v) is 6.41. The molecule has 3 aromatic rings. The summed E-state index contributed by atoms with van der Waals surface area (Å²) >= 11 is 0. The molecule has 0 fully saturated rings. The second kappa shape index (κ2) is 6.73. The fourth-order valence-electron chi connectivity index (χ4n) is 3.37. The number of nitrogens with zero attached hydrogens (tertiary/aromatic N) is 1. The van der Waals surface area contributed by atoms with Crippen LogP contribution in [0.4, 0.5) is 10.1 Å². The molecular formula is C22H18FNO2. The number of hydrogen-bond donors (Lipinski definition) is 1. The summed E-state index contributed by atoms with van der Waals surface area (Å²) in [6.07, 6.45) is -0.352. The quantitative estimate of drug-likeness (QED) is 0.737. The standard InChI is InChI=1S/C22H18FNO2/c23-18-10-11-20-19(14-18)21(25)12-13-24(20)22(26)17-8-6-16(7-9-17)15-4-2-1-3-5-15/h1-11,14,21,25H,12-13H2. The van der Waals surface area contributed by atoms with Gasteiger partial charge in [-0.25, -0.2) is 4.39 Å². The molecule has 1 amide bonds. The molecule has 1 aliphatic rings. The summed E-state index contributed by atoms with van der Waals surface area (Å²) in [6.45, 7) is 0.402. The Balaban J connectivity index is 1.63. The third-order valence-electron chi connectivity index (χ3n) is 4.75. The van der Waals surface area contributed by atoms with Crippen LogP contribution in [-0.2, 0) is 0 Å². The van der Waals surface area contributed by atoms with E-state index in [1.165, 1.54) is 12.1 Å². The number of hydrogen-bond acceptors (Lipinski definition) is 2. The first-order valence-electron chi connectivity index (χ1n) is 8.58. The van der Waals surface area contributed by atoms with E-state index in [0.29, 0.717) is 29.8 Å². The molecule has 0 aromatic heterocycles. The van der Waals surface area contributed by atoms with Gasteiger partial charge in [0.05, 0.1) is 6.10 Å². The summed E-state index contributed by atoms with van der Waals surface area (Å²) in [5.41, 5.74) is 3.73. The molecule has 1 N–H and O–H groups in total. The largest absolute Gasteiger partial charge is 0.388 e. The third-order valence-corrected chi connectivity index (χ3v) is 4.75. The fourth-order valence-corrected chi connectivity index (χ4v) is 3.37. The summed E-state index contributed by atoms with van der Waals surface area (Å²) in [4.78, 5) is 14.6. The Labute approximate surface area is 151 Å². The summed E-state index contributed by atoms with van der Waals surface area (Å²) in [6, 6.07) is 21.6. The van der Waals surface area contributed by atoms with Gasteiger partial charge in [-0.2, -0.15) is 0 Å². The number of carbonyl (C=O) groups is 1. The highest BCUT2D eigenvalue weighted by Gasteiger charge is 2.28. The van der Waals surface area contributed by atoms with Gasteiger partial charge in [-0.15, -0.1) is 0 Å². The minimum atomic E-state index is -0.745. The third kappa shape index (κ3) is 3.00. The first kappa shape index (κ1) is 16.5. The lowest BCUT2D eigenvalue weighted by molar-refractivity contribution is 0.0970. The van der Waals surface area contributed by atoms with Gasteiger partial charge in [0, 0.05) is 23.4 Å². The van der Waals surface area contributed by atoms with E-state index in [4.69, 9.17) is 0 Å². The van der Waals surface area contributed by atoms with E-state index in [1.54, 1.807) is 23.1 Å². The molecule has 1 heterocycles. The topological polar surface area (TPSA) is 40.5 Å². The lowest BCUT2D eigenvalue weighted by atomic mass is 9.97. The molecule has 1 aliphatic heterocycles. The molecule has 3 aromatic carbocycles. The van der Waals surface area contributed by atoms with Crippen molar-refractivity contribution < 1.29 is 14.3 Å². The average Bonchev–Trinajstić information content (AvgIpc) is 2.69. The van der Waals surface area contributed by atoms with E-state index in [0.717, 1.165) is 11.1 Å². The Morgan fingerprint density at radius 3 is 2.38 bits per heavy atom. The van der Waals surface area contributed by atoms with Crippen LogP contribution in [-0.4, -0.2) is 17.6 Å². The van der Waals surface area contributed by atoms with E-state index in [9.17, 15) is 14.3 Å². The van der Waals surface area contributed by atoms with Gasteiger partial charge >= 0.3 is 0 Å². The highest BCUT2D eigenvalue weighted by Crippen LogP contribution is 2.35.